The van der Waals surface area contributed by atoms with Gasteiger partial charge in [-0.3, -0.25) is 0 Å². The molecule has 22 heavy (non-hydrogen) atoms. The third-order valence-corrected chi connectivity index (χ3v) is 5.38. The molecule has 2 heterocycles. The van der Waals surface area contributed by atoms with Crippen molar-refractivity contribution in [2.24, 2.45) is 5.41 Å². The van der Waals surface area contributed by atoms with Crippen molar-refractivity contribution < 1.29 is 9.53 Å². The molecule has 1 saturated carbocycles. The number of amides is 2. The van der Waals surface area contributed by atoms with Crippen molar-refractivity contribution in [3.05, 3.63) is 23.2 Å². The molecule has 1 N–H and O–H groups in total. The number of hydrogen-bond acceptors (Lipinski definition) is 4. The highest BCUT2D eigenvalue weighted by atomic mass is 32.1. The first-order valence-corrected chi connectivity index (χ1v) is 8.46. The minimum atomic E-state index is -0.0388. The lowest BCUT2D eigenvalue weighted by Gasteiger charge is -2.23. The van der Waals surface area contributed by atoms with Gasteiger partial charge in [0.15, 0.2) is 0 Å². The zero-order chi connectivity index (χ0) is 15.2. The summed E-state index contributed by atoms with van der Waals surface area (Å²) in [6.45, 7) is 4.87. The predicted octanol–water partition coefficient (Wildman–Crippen LogP) is 3.25. The SMILES string of the molecule is Cc1nc2cc(NC(=O)N3CCOCC4(CC4)C3)ccc2s1. The number of nitrogens with one attached hydrogen (secondary N) is 1. The molecule has 2 amide bonds. The van der Waals surface area contributed by atoms with Gasteiger partial charge in [-0.15, -0.1) is 11.3 Å². The Hall–Kier alpha value is -1.66. The minimum Gasteiger partial charge on any atom is -0.379 e. The first kappa shape index (κ1) is 14.0. The van der Waals surface area contributed by atoms with E-state index >= 15 is 0 Å². The molecule has 0 radical (unpaired) electrons. The third kappa shape index (κ3) is 2.68. The van der Waals surface area contributed by atoms with Gasteiger partial charge in [-0.25, -0.2) is 9.78 Å². The van der Waals surface area contributed by atoms with Gasteiger partial charge in [0.05, 0.1) is 28.4 Å². The molecule has 4 rings (SSSR count). The molecule has 0 unspecified atom stereocenters. The van der Waals surface area contributed by atoms with Crippen LogP contribution in [0.5, 0.6) is 0 Å². The minimum absolute atomic E-state index is 0.0388. The second-order valence-corrected chi connectivity index (χ2v) is 7.55. The Balaban J connectivity index is 1.49. The van der Waals surface area contributed by atoms with Gasteiger partial charge < -0.3 is 15.0 Å². The molecular weight excluding hydrogens is 298 g/mol. The van der Waals surface area contributed by atoms with Gasteiger partial charge in [-0.05, 0) is 38.0 Å². The Morgan fingerprint density at radius 1 is 1.45 bits per heavy atom. The van der Waals surface area contributed by atoms with Gasteiger partial charge in [0.2, 0.25) is 0 Å². The molecule has 1 spiro atoms. The van der Waals surface area contributed by atoms with Crippen LogP contribution in [0, 0.1) is 12.3 Å². The number of aryl methyl sites for hydroxylation is 1. The molecule has 1 aliphatic heterocycles. The fourth-order valence-corrected chi connectivity index (χ4v) is 3.78. The van der Waals surface area contributed by atoms with Crippen LogP contribution in [0.15, 0.2) is 18.2 Å². The van der Waals surface area contributed by atoms with E-state index in [0.29, 0.717) is 13.2 Å². The largest absolute Gasteiger partial charge is 0.379 e. The molecule has 116 valence electrons. The van der Waals surface area contributed by atoms with E-state index in [0.717, 1.165) is 34.1 Å². The van der Waals surface area contributed by atoms with Crippen LogP contribution in [-0.4, -0.2) is 42.2 Å². The lowest BCUT2D eigenvalue weighted by atomic mass is 10.1. The van der Waals surface area contributed by atoms with Crippen LogP contribution in [0.25, 0.3) is 10.2 Å². The van der Waals surface area contributed by atoms with E-state index in [2.05, 4.69) is 10.3 Å². The van der Waals surface area contributed by atoms with E-state index in [9.17, 15) is 4.79 Å². The topological polar surface area (TPSA) is 54.5 Å². The van der Waals surface area contributed by atoms with Crippen molar-refractivity contribution in [1.82, 2.24) is 9.88 Å². The number of thiazole rings is 1. The molecule has 2 aliphatic rings. The number of benzene rings is 1. The van der Waals surface area contributed by atoms with Crippen LogP contribution in [-0.2, 0) is 4.74 Å². The van der Waals surface area contributed by atoms with E-state index in [4.69, 9.17) is 4.74 Å². The fourth-order valence-electron chi connectivity index (χ4n) is 2.97. The summed E-state index contributed by atoms with van der Waals surface area (Å²) in [6.07, 6.45) is 2.33. The van der Waals surface area contributed by atoms with E-state index in [1.165, 1.54) is 12.8 Å². The summed E-state index contributed by atoms with van der Waals surface area (Å²) in [4.78, 5) is 18.9. The molecule has 0 bridgehead atoms. The van der Waals surface area contributed by atoms with Crippen LogP contribution in [0.4, 0.5) is 10.5 Å². The smallest absolute Gasteiger partial charge is 0.321 e. The Morgan fingerprint density at radius 3 is 3.14 bits per heavy atom. The highest BCUT2D eigenvalue weighted by Crippen LogP contribution is 2.47. The van der Waals surface area contributed by atoms with Crippen molar-refractivity contribution in [2.45, 2.75) is 19.8 Å². The van der Waals surface area contributed by atoms with E-state index in [-0.39, 0.29) is 11.4 Å². The molecule has 1 aromatic heterocycles. The summed E-state index contributed by atoms with van der Waals surface area (Å²) < 4.78 is 6.78. The number of rotatable bonds is 1. The van der Waals surface area contributed by atoms with E-state index in [1.807, 2.05) is 30.0 Å². The predicted molar refractivity (Wildman–Crippen MR) is 87.4 cm³/mol. The molecule has 1 aliphatic carbocycles. The summed E-state index contributed by atoms with van der Waals surface area (Å²) in [5.41, 5.74) is 1.97. The molecule has 1 saturated heterocycles. The van der Waals surface area contributed by atoms with Crippen LogP contribution >= 0.6 is 11.3 Å². The van der Waals surface area contributed by atoms with Crippen LogP contribution in [0.1, 0.15) is 17.8 Å². The maximum Gasteiger partial charge on any atom is 0.321 e. The summed E-state index contributed by atoms with van der Waals surface area (Å²) in [5.74, 6) is 0. The first-order chi connectivity index (χ1) is 10.6. The first-order valence-electron chi connectivity index (χ1n) is 7.65. The average Bonchev–Trinajstić information content (AvgIpc) is 3.21. The van der Waals surface area contributed by atoms with E-state index < -0.39 is 0 Å². The lowest BCUT2D eigenvalue weighted by Crippen LogP contribution is -2.39. The Labute approximate surface area is 133 Å². The molecule has 6 heteroatoms. The number of nitrogens with zero attached hydrogens (tertiary/aromatic N) is 2. The second kappa shape index (κ2) is 5.21. The zero-order valence-corrected chi connectivity index (χ0v) is 13.4. The van der Waals surface area contributed by atoms with E-state index in [1.54, 1.807) is 11.3 Å². The van der Waals surface area contributed by atoms with Crippen molar-refractivity contribution in [3.63, 3.8) is 0 Å². The molecule has 2 fully saturated rings. The summed E-state index contributed by atoms with van der Waals surface area (Å²) in [5, 5.41) is 4.04. The quantitative estimate of drug-likeness (QED) is 0.878. The standard InChI is InChI=1S/C16H19N3O2S/c1-11-17-13-8-12(2-3-14(13)22-11)18-15(20)19-6-7-21-10-16(9-19)4-5-16/h2-3,8H,4-7,9-10H2,1H3,(H,18,20). The van der Waals surface area contributed by atoms with Crippen LogP contribution in [0.2, 0.25) is 0 Å². The van der Waals surface area contributed by atoms with Gasteiger partial charge in [0.1, 0.15) is 0 Å². The third-order valence-electron chi connectivity index (χ3n) is 4.43. The zero-order valence-electron chi connectivity index (χ0n) is 12.6. The Morgan fingerprint density at radius 2 is 2.32 bits per heavy atom. The number of ether oxygens (including phenoxy) is 1. The maximum atomic E-state index is 12.5. The van der Waals surface area contributed by atoms with Crippen LogP contribution < -0.4 is 5.32 Å². The van der Waals surface area contributed by atoms with Gasteiger partial charge in [0, 0.05) is 24.2 Å². The summed E-state index contributed by atoms with van der Waals surface area (Å²) >= 11 is 1.67. The highest BCUT2D eigenvalue weighted by Gasteiger charge is 2.46. The number of urea groups is 1. The summed E-state index contributed by atoms with van der Waals surface area (Å²) in [6, 6.07) is 5.86. The number of hydrogen-bond donors (Lipinski definition) is 1. The lowest BCUT2D eigenvalue weighted by molar-refractivity contribution is 0.115. The number of carbonyl (C=O) groups excluding carboxylic acids is 1. The van der Waals surface area contributed by atoms with Gasteiger partial charge in [0.25, 0.3) is 0 Å². The number of anilines is 1. The number of fused-ring (bicyclic) bond motifs is 1. The summed E-state index contributed by atoms with van der Waals surface area (Å²) in [7, 11) is 0. The van der Waals surface area contributed by atoms with Crippen molar-refractivity contribution in [3.8, 4) is 0 Å². The molecule has 5 nitrogen and oxygen atoms in total. The normalized spacial score (nSPS) is 20.1. The Kier molecular flexibility index (Phi) is 3.31. The fraction of sp³-hybridized carbons (Fsp3) is 0.500. The molecule has 1 aromatic carbocycles. The van der Waals surface area contributed by atoms with Crippen molar-refractivity contribution in [2.75, 3.05) is 31.6 Å². The number of aromatic nitrogens is 1. The average molecular weight is 317 g/mol. The monoisotopic (exact) mass is 317 g/mol. The second-order valence-electron chi connectivity index (χ2n) is 6.32. The maximum absolute atomic E-state index is 12.5. The molecular formula is C16H19N3O2S. The van der Waals surface area contributed by atoms with Gasteiger partial charge in [-0.2, -0.15) is 0 Å². The van der Waals surface area contributed by atoms with Crippen LogP contribution in [0.3, 0.4) is 0 Å². The molecule has 2 aromatic rings. The van der Waals surface area contributed by atoms with Crippen molar-refractivity contribution >= 4 is 33.3 Å². The number of carbonyl (C=O) groups is 1. The van der Waals surface area contributed by atoms with Crippen molar-refractivity contribution in [1.29, 1.82) is 0 Å². The van der Waals surface area contributed by atoms with Gasteiger partial charge >= 0.3 is 6.03 Å². The molecule has 0 atom stereocenters. The Bertz CT molecular complexity index is 723. The highest BCUT2D eigenvalue weighted by molar-refractivity contribution is 7.18. The van der Waals surface area contributed by atoms with Gasteiger partial charge in [-0.1, -0.05) is 0 Å².